The molecule has 0 bridgehead atoms. The Kier molecular flexibility index (Phi) is 8.57. The van der Waals surface area contributed by atoms with Crippen molar-refractivity contribution in [2.24, 2.45) is 0 Å². The second-order valence-corrected chi connectivity index (χ2v) is 7.00. The molecular formula is C20H31ClN6O. The highest BCUT2D eigenvalue weighted by atomic mass is 35.5. The summed E-state index contributed by atoms with van der Waals surface area (Å²) < 4.78 is 5.20. The quantitative estimate of drug-likeness (QED) is 0.455. The van der Waals surface area contributed by atoms with Crippen LogP contribution in [-0.2, 0) is 0 Å². The van der Waals surface area contributed by atoms with E-state index in [1.54, 1.807) is 19.2 Å². The highest BCUT2D eigenvalue weighted by Crippen LogP contribution is 2.28. The van der Waals surface area contributed by atoms with Crippen molar-refractivity contribution in [2.45, 2.75) is 65.5 Å². The van der Waals surface area contributed by atoms with Gasteiger partial charge in [-0.25, -0.2) is 0 Å². The molecule has 0 fully saturated rings. The minimum Gasteiger partial charge on any atom is -0.495 e. The molecule has 3 N–H and O–H groups in total. The van der Waals surface area contributed by atoms with Crippen molar-refractivity contribution in [1.29, 1.82) is 0 Å². The second kappa shape index (κ2) is 10.9. The third kappa shape index (κ3) is 6.12. The van der Waals surface area contributed by atoms with E-state index in [4.69, 9.17) is 16.3 Å². The molecule has 0 aliphatic heterocycles. The third-order valence-corrected chi connectivity index (χ3v) is 4.98. The van der Waals surface area contributed by atoms with Gasteiger partial charge in [-0.15, -0.1) is 0 Å². The summed E-state index contributed by atoms with van der Waals surface area (Å²) in [6.45, 7) is 8.57. The summed E-state index contributed by atoms with van der Waals surface area (Å²) in [5, 5.41) is 10.5. The number of nitrogens with zero attached hydrogens (tertiary/aromatic N) is 3. The molecular weight excluding hydrogens is 376 g/mol. The van der Waals surface area contributed by atoms with Gasteiger partial charge in [0.15, 0.2) is 0 Å². The lowest BCUT2D eigenvalue weighted by Gasteiger charge is -2.18. The Labute approximate surface area is 172 Å². The Balaban J connectivity index is 2.31. The zero-order valence-electron chi connectivity index (χ0n) is 17.3. The van der Waals surface area contributed by atoms with Crippen LogP contribution in [0.25, 0.3) is 0 Å². The van der Waals surface area contributed by atoms with E-state index < -0.39 is 0 Å². The number of anilines is 4. The molecule has 1 heterocycles. The summed E-state index contributed by atoms with van der Waals surface area (Å²) in [5.74, 6) is 2.19. The summed E-state index contributed by atoms with van der Waals surface area (Å²) in [6.07, 6.45) is 3.98. The van der Waals surface area contributed by atoms with Crippen molar-refractivity contribution in [3.63, 3.8) is 0 Å². The molecule has 154 valence electrons. The van der Waals surface area contributed by atoms with Crippen LogP contribution in [0.3, 0.4) is 0 Å². The standard InChI is InChI=1S/C20H31ClN6O/c1-6-13(7-2)22-18-25-19(23-14(8-3)9-4)27-20(26-18)24-15-10-11-17(28-5)16(21)12-15/h10-14H,6-9H2,1-5H3,(H3,22,23,24,25,26,27). The van der Waals surface area contributed by atoms with Crippen molar-refractivity contribution in [1.82, 2.24) is 15.0 Å². The van der Waals surface area contributed by atoms with Crippen molar-refractivity contribution in [2.75, 3.05) is 23.1 Å². The second-order valence-electron chi connectivity index (χ2n) is 6.60. The van der Waals surface area contributed by atoms with E-state index in [0.717, 1.165) is 31.4 Å². The smallest absolute Gasteiger partial charge is 0.233 e. The van der Waals surface area contributed by atoms with Crippen LogP contribution in [-0.4, -0.2) is 34.1 Å². The average molecular weight is 407 g/mol. The van der Waals surface area contributed by atoms with E-state index in [-0.39, 0.29) is 0 Å². The van der Waals surface area contributed by atoms with Gasteiger partial charge in [0.1, 0.15) is 5.75 Å². The fourth-order valence-electron chi connectivity index (χ4n) is 2.78. The monoisotopic (exact) mass is 406 g/mol. The first-order chi connectivity index (χ1) is 13.5. The van der Waals surface area contributed by atoms with Crippen LogP contribution in [0.5, 0.6) is 5.75 Å². The van der Waals surface area contributed by atoms with Crippen LogP contribution in [0.1, 0.15) is 53.4 Å². The molecule has 1 aromatic heterocycles. The minimum atomic E-state index is 0.312. The number of ether oxygens (including phenoxy) is 1. The first kappa shape index (κ1) is 22.0. The Hall–Kier alpha value is -2.28. The molecule has 0 saturated heterocycles. The van der Waals surface area contributed by atoms with Gasteiger partial charge in [-0.3, -0.25) is 0 Å². The number of hydrogen-bond donors (Lipinski definition) is 3. The predicted octanol–water partition coefficient (Wildman–Crippen LogP) is 5.48. The maximum atomic E-state index is 6.23. The number of nitrogens with one attached hydrogen (secondary N) is 3. The van der Waals surface area contributed by atoms with Gasteiger partial charge in [-0.1, -0.05) is 39.3 Å². The molecule has 2 rings (SSSR count). The van der Waals surface area contributed by atoms with Crippen LogP contribution in [0.15, 0.2) is 18.2 Å². The largest absolute Gasteiger partial charge is 0.495 e. The van der Waals surface area contributed by atoms with Gasteiger partial charge in [-0.05, 0) is 43.9 Å². The van der Waals surface area contributed by atoms with Gasteiger partial charge in [0, 0.05) is 17.8 Å². The molecule has 0 aliphatic rings. The molecule has 8 heteroatoms. The number of halogens is 1. The van der Waals surface area contributed by atoms with E-state index in [9.17, 15) is 0 Å². The molecule has 0 unspecified atom stereocenters. The number of rotatable bonds is 11. The molecule has 0 aliphatic carbocycles. The van der Waals surface area contributed by atoms with Gasteiger partial charge in [0.05, 0.1) is 12.1 Å². The van der Waals surface area contributed by atoms with Crippen LogP contribution in [0, 0.1) is 0 Å². The van der Waals surface area contributed by atoms with Gasteiger partial charge >= 0.3 is 0 Å². The normalized spacial score (nSPS) is 11.0. The topological polar surface area (TPSA) is 84.0 Å². The van der Waals surface area contributed by atoms with Gasteiger partial charge < -0.3 is 20.7 Å². The summed E-state index contributed by atoms with van der Waals surface area (Å²) in [5.41, 5.74) is 0.777. The fourth-order valence-corrected chi connectivity index (χ4v) is 3.04. The van der Waals surface area contributed by atoms with Crippen LogP contribution in [0.2, 0.25) is 5.02 Å². The highest BCUT2D eigenvalue weighted by molar-refractivity contribution is 6.32. The van der Waals surface area contributed by atoms with E-state index in [2.05, 4.69) is 58.6 Å². The predicted molar refractivity (Wildman–Crippen MR) is 117 cm³/mol. The maximum absolute atomic E-state index is 6.23. The summed E-state index contributed by atoms with van der Waals surface area (Å²) >= 11 is 6.23. The fraction of sp³-hybridized carbons (Fsp3) is 0.550. The number of benzene rings is 1. The first-order valence-corrected chi connectivity index (χ1v) is 10.3. The van der Waals surface area contributed by atoms with Gasteiger partial charge in [0.25, 0.3) is 0 Å². The SMILES string of the molecule is CCC(CC)Nc1nc(Nc2ccc(OC)c(Cl)c2)nc(NC(CC)CC)n1. The maximum Gasteiger partial charge on any atom is 0.233 e. The zero-order chi connectivity index (χ0) is 20.5. The molecule has 7 nitrogen and oxygen atoms in total. The van der Waals surface area contributed by atoms with Crippen molar-refractivity contribution in [3.05, 3.63) is 23.2 Å². The Bertz CT molecular complexity index is 717. The van der Waals surface area contributed by atoms with Crippen LogP contribution < -0.4 is 20.7 Å². The molecule has 0 atom stereocenters. The number of aromatic nitrogens is 3. The van der Waals surface area contributed by atoms with E-state index in [0.29, 0.717) is 40.7 Å². The highest BCUT2D eigenvalue weighted by Gasteiger charge is 2.13. The Morgan fingerprint density at radius 3 is 1.79 bits per heavy atom. The van der Waals surface area contributed by atoms with E-state index >= 15 is 0 Å². The molecule has 1 aromatic carbocycles. The summed E-state index contributed by atoms with van der Waals surface area (Å²) in [7, 11) is 1.59. The number of hydrogen-bond acceptors (Lipinski definition) is 7. The number of methoxy groups -OCH3 is 1. The zero-order valence-corrected chi connectivity index (χ0v) is 18.1. The third-order valence-electron chi connectivity index (χ3n) is 4.68. The van der Waals surface area contributed by atoms with Gasteiger partial charge in [-0.2, -0.15) is 15.0 Å². The Morgan fingerprint density at radius 2 is 1.36 bits per heavy atom. The lowest BCUT2D eigenvalue weighted by atomic mass is 10.2. The van der Waals surface area contributed by atoms with Crippen molar-refractivity contribution < 1.29 is 4.74 Å². The lowest BCUT2D eigenvalue weighted by molar-refractivity contribution is 0.415. The first-order valence-electron chi connectivity index (χ1n) is 9.92. The summed E-state index contributed by atoms with van der Waals surface area (Å²) in [4.78, 5) is 13.6. The average Bonchev–Trinajstić information content (AvgIpc) is 2.70. The van der Waals surface area contributed by atoms with Crippen LogP contribution >= 0.6 is 11.6 Å². The van der Waals surface area contributed by atoms with Gasteiger partial charge in [0.2, 0.25) is 17.8 Å². The molecule has 0 spiro atoms. The van der Waals surface area contributed by atoms with E-state index in [1.807, 2.05) is 6.07 Å². The minimum absolute atomic E-state index is 0.312. The van der Waals surface area contributed by atoms with Crippen molar-refractivity contribution in [3.8, 4) is 5.75 Å². The Morgan fingerprint density at radius 1 is 0.857 bits per heavy atom. The molecule has 0 amide bonds. The van der Waals surface area contributed by atoms with E-state index in [1.165, 1.54) is 0 Å². The van der Waals surface area contributed by atoms with Crippen LogP contribution in [0.4, 0.5) is 23.5 Å². The molecule has 0 saturated carbocycles. The lowest BCUT2D eigenvalue weighted by Crippen LogP contribution is -2.22. The molecule has 28 heavy (non-hydrogen) atoms. The molecule has 2 aromatic rings. The molecule has 0 radical (unpaired) electrons. The van der Waals surface area contributed by atoms with Crippen molar-refractivity contribution >= 4 is 35.1 Å². The summed E-state index contributed by atoms with van der Waals surface area (Å²) in [6, 6.07) is 6.08.